The van der Waals surface area contributed by atoms with Gasteiger partial charge in [-0.05, 0) is 32.3 Å². The predicted octanol–water partition coefficient (Wildman–Crippen LogP) is 0.465. The third kappa shape index (κ3) is 4.94. The van der Waals surface area contributed by atoms with Crippen molar-refractivity contribution in [3.8, 4) is 0 Å². The number of ether oxygens (including phenoxy) is 1. The number of nitrogens with one attached hydrogen (secondary N) is 2. The monoisotopic (exact) mass is 280 g/mol. The van der Waals surface area contributed by atoms with Crippen LogP contribution in [-0.4, -0.2) is 47.5 Å². The summed E-state index contributed by atoms with van der Waals surface area (Å²) in [6.07, 6.45) is 5.66. The molecule has 1 aliphatic heterocycles. The van der Waals surface area contributed by atoms with E-state index in [1.807, 2.05) is 24.0 Å². The molecule has 1 saturated heterocycles. The number of hydrogen-bond donors (Lipinski definition) is 2. The summed E-state index contributed by atoms with van der Waals surface area (Å²) in [5, 5.41) is 10.5. The third-order valence-electron chi connectivity index (χ3n) is 3.42. The first-order valence-corrected chi connectivity index (χ1v) is 7.23. The molecule has 0 spiro atoms. The number of rotatable bonds is 6. The number of amides is 1. The Labute approximate surface area is 119 Å². The van der Waals surface area contributed by atoms with Crippen LogP contribution in [0.5, 0.6) is 0 Å². The lowest BCUT2D eigenvalue weighted by atomic mass is 10.1. The van der Waals surface area contributed by atoms with Crippen molar-refractivity contribution in [3.63, 3.8) is 0 Å². The van der Waals surface area contributed by atoms with Gasteiger partial charge in [0.25, 0.3) is 0 Å². The first-order chi connectivity index (χ1) is 9.63. The van der Waals surface area contributed by atoms with Crippen LogP contribution in [-0.2, 0) is 16.1 Å². The summed E-state index contributed by atoms with van der Waals surface area (Å²) in [5.41, 5.74) is 1.15. The van der Waals surface area contributed by atoms with Gasteiger partial charge in [0.05, 0.1) is 19.3 Å². The zero-order valence-electron chi connectivity index (χ0n) is 12.3. The molecule has 0 radical (unpaired) electrons. The van der Waals surface area contributed by atoms with Gasteiger partial charge in [-0.3, -0.25) is 9.48 Å². The lowest BCUT2D eigenvalue weighted by Gasteiger charge is -2.23. The Morgan fingerprint density at radius 2 is 2.30 bits per heavy atom. The predicted molar refractivity (Wildman–Crippen MR) is 76.4 cm³/mol. The maximum absolute atomic E-state index is 11.8. The quantitative estimate of drug-likeness (QED) is 0.794. The van der Waals surface area contributed by atoms with Crippen molar-refractivity contribution in [3.05, 3.63) is 18.0 Å². The van der Waals surface area contributed by atoms with Gasteiger partial charge in [-0.15, -0.1) is 0 Å². The molecule has 2 rings (SSSR count). The highest BCUT2D eigenvalue weighted by molar-refractivity contribution is 5.78. The summed E-state index contributed by atoms with van der Waals surface area (Å²) in [6.45, 7) is 6.67. The Bertz CT molecular complexity index is 427. The third-order valence-corrected chi connectivity index (χ3v) is 3.42. The molecule has 2 N–H and O–H groups in total. The van der Waals surface area contributed by atoms with Crippen LogP contribution in [0.25, 0.3) is 0 Å². The lowest BCUT2D eigenvalue weighted by molar-refractivity contribution is -0.121. The van der Waals surface area contributed by atoms with Gasteiger partial charge in [0, 0.05) is 31.5 Å². The summed E-state index contributed by atoms with van der Waals surface area (Å²) in [5.74, 6) is 0.0559. The van der Waals surface area contributed by atoms with Gasteiger partial charge >= 0.3 is 0 Å². The van der Waals surface area contributed by atoms with Crippen LogP contribution in [0.3, 0.4) is 0 Å². The minimum absolute atomic E-state index is 0.0559. The molecule has 0 saturated carbocycles. The second-order valence-electron chi connectivity index (χ2n) is 5.48. The van der Waals surface area contributed by atoms with E-state index in [4.69, 9.17) is 4.74 Å². The molecule has 1 aromatic rings. The highest BCUT2D eigenvalue weighted by atomic mass is 16.5. The van der Waals surface area contributed by atoms with Gasteiger partial charge in [0.1, 0.15) is 0 Å². The highest BCUT2D eigenvalue weighted by Crippen LogP contribution is 2.05. The SMILES string of the molecule is Cc1cnn(C[C@@H](C)NCC(=O)NC2CCOCC2)c1. The fourth-order valence-corrected chi connectivity index (χ4v) is 2.30. The molecule has 2 heterocycles. The Balaban J connectivity index is 1.64. The molecular weight excluding hydrogens is 256 g/mol. The van der Waals surface area contributed by atoms with Gasteiger partial charge in [-0.1, -0.05) is 0 Å². The van der Waals surface area contributed by atoms with Crippen LogP contribution in [0.4, 0.5) is 0 Å². The topological polar surface area (TPSA) is 68.2 Å². The zero-order valence-corrected chi connectivity index (χ0v) is 12.3. The average molecular weight is 280 g/mol. The van der Waals surface area contributed by atoms with Crippen molar-refractivity contribution in [1.82, 2.24) is 20.4 Å². The second-order valence-corrected chi connectivity index (χ2v) is 5.48. The summed E-state index contributed by atoms with van der Waals surface area (Å²) >= 11 is 0. The molecule has 0 bridgehead atoms. The molecule has 0 unspecified atom stereocenters. The first kappa shape index (κ1) is 15.0. The van der Waals surface area contributed by atoms with Crippen LogP contribution >= 0.6 is 0 Å². The Morgan fingerprint density at radius 3 is 2.95 bits per heavy atom. The van der Waals surface area contributed by atoms with E-state index in [2.05, 4.69) is 22.7 Å². The Hall–Kier alpha value is -1.40. The maximum Gasteiger partial charge on any atom is 0.234 e. The molecule has 1 fully saturated rings. The van der Waals surface area contributed by atoms with Crippen LogP contribution in [0, 0.1) is 6.92 Å². The number of carbonyl (C=O) groups excluding carboxylic acids is 1. The Kier molecular flexibility index (Phi) is 5.55. The van der Waals surface area contributed by atoms with E-state index in [1.54, 1.807) is 0 Å². The van der Waals surface area contributed by atoms with Crippen molar-refractivity contribution in [2.24, 2.45) is 0 Å². The van der Waals surface area contributed by atoms with Crippen LogP contribution in [0.15, 0.2) is 12.4 Å². The van der Waals surface area contributed by atoms with Crippen LogP contribution in [0.2, 0.25) is 0 Å². The van der Waals surface area contributed by atoms with Crippen molar-refractivity contribution in [1.29, 1.82) is 0 Å². The second kappa shape index (κ2) is 7.40. The van der Waals surface area contributed by atoms with E-state index >= 15 is 0 Å². The van der Waals surface area contributed by atoms with E-state index in [-0.39, 0.29) is 18.0 Å². The van der Waals surface area contributed by atoms with Crippen LogP contribution < -0.4 is 10.6 Å². The molecule has 1 amide bonds. The standard InChI is InChI=1S/C14H24N4O2/c1-11-7-16-18(9-11)10-12(2)15-8-14(19)17-13-3-5-20-6-4-13/h7,9,12-13,15H,3-6,8,10H2,1-2H3,(H,17,19)/t12-/m1/s1. The first-order valence-electron chi connectivity index (χ1n) is 7.23. The van der Waals surface area contributed by atoms with Crippen molar-refractivity contribution in [2.45, 2.75) is 45.3 Å². The fraction of sp³-hybridized carbons (Fsp3) is 0.714. The maximum atomic E-state index is 11.8. The minimum Gasteiger partial charge on any atom is -0.381 e. The van der Waals surface area contributed by atoms with Gasteiger partial charge in [0.15, 0.2) is 0 Å². The van der Waals surface area contributed by atoms with E-state index < -0.39 is 0 Å². The van der Waals surface area contributed by atoms with Crippen molar-refractivity contribution in [2.75, 3.05) is 19.8 Å². The molecular formula is C14H24N4O2. The molecule has 6 nitrogen and oxygen atoms in total. The largest absolute Gasteiger partial charge is 0.381 e. The van der Waals surface area contributed by atoms with Gasteiger partial charge in [0.2, 0.25) is 5.91 Å². The number of hydrogen-bond acceptors (Lipinski definition) is 4. The van der Waals surface area contributed by atoms with E-state index in [0.29, 0.717) is 6.54 Å². The average Bonchev–Trinajstić information content (AvgIpc) is 2.83. The highest BCUT2D eigenvalue weighted by Gasteiger charge is 2.16. The molecule has 112 valence electrons. The Morgan fingerprint density at radius 1 is 1.55 bits per heavy atom. The molecule has 6 heteroatoms. The van der Waals surface area contributed by atoms with Crippen LogP contribution in [0.1, 0.15) is 25.3 Å². The lowest BCUT2D eigenvalue weighted by Crippen LogP contribution is -2.45. The van der Waals surface area contributed by atoms with Gasteiger partial charge < -0.3 is 15.4 Å². The fourth-order valence-electron chi connectivity index (χ4n) is 2.30. The summed E-state index contributed by atoms with van der Waals surface area (Å²) < 4.78 is 7.16. The summed E-state index contributed by atoms with van der Waals surface area (Å²) in [7, 11) is 0. The summed E-state index contributed by atoms with van der Waals surface area (Å²) in [6, 6.07) is 0.469. The van der Waals surface area contributed by atoms with E-state index in [0.717, 1.165) is 38.2 Å². The summed E-state index contributed by atoms with van der Waals surface area (Å²) in [4.78, 5) is 11.8. The number of carbonyl (C=O) groups is 1. The minimum atomic E-state index is 0.0559. The van der Waals surface area contributed by atoms with Gasteiger partial charge in [-0.2, -0.15) is 5.10 Å². The van der Waals surface area contributed by atoms with Crippen molar-refractivity contribution < 1.29 is 9.53 Å². The van der Waals surface area contributed by atoms with E-state index in [1.165, 1.54) is 0 Å². The smallest absolute Gasteiger partial charge is 0.234 e. The van der Waals surface area contributed by atoms with E-state index in [9.17, 15) is 4.79 Å². The number of nitrogens with zero attached hydrogens (tertiary/aromatic N) is 2. The zero-order chi connectivity index (χ0) is 14.4. The number of aryl methyl sites for hydroxylation is 1. The molecule has 20 heavy (non-hydrogen) atoms. The molecule has 0 aromatic carbocycles. The molecule has 1 aromatic heterocycles. The van der Waals surface area contributed by atoms with Gasteiger partial charge in [-0.25, -0.2) is 0 Å². The molecule has 1 atom stereocenters. The number of aromatic nitrogens is 2. The molecule has 0 aliphatic carbocycles. The normalized spacial score (nSPS) is 17.9. The van der Waals surface area contributed by atoms with Crippen molar-refractivity contribution >= 4 is 5.91 Å². The molecule has 1 aliphatic rings.